The summed E-state index contributed by atoms with van der Waals surface area (Å²) in [5, 5.41) is 4.07. The van der Waals surface area contributed by atoms with Crippen LogP contribution in [0, 0.1) is 6.92 Å². The second-order valence-corrected chi connectivity index (χ2v) is 9.06. The number of hydrogen-bond donors (Lipinski definition) is 0. The maximum Gasteiger partial charge on any atom is 0.246 e. The van der Waals surface area contributed by atoms with E-state index >= 15 is 0 Å². The number of rotatable bonds is 5. The van der Waals surface area contributed by atoms with Gasteiger partial charge in [0.15, 0.2) is 0 Å². The Kier molecular flexibility index (Phi) is 5.38. The zero-order valence-corrected chi connectivity index (χ0v) is 17.2. The molecule has 0 unspecified atom stereocenters. The van der Waals surface area contributed by atoms with Crippen molar-refractivity contribution in [1.82, 2.24) is 14.4 Å². The summed E-state index contributed by atoms with van der Waals surface area (Å²) in [6.07, 6.45) is 1.26. The van der Waals surface area contributed by atoms with Crippen LogP contribution in [0.5, 0.6) is 5.75 Å². The number of methoxy groups -OCH3 is 1. The minimum atomic E-state index is -3.63. The van der Waals surface area contributed by atoms with Gasteiger partial charge in [0.2, 0.25) is 21.7 Å². The summed E-state index contributed by atoms with van der Waals surface area (Å²) in [5.74, 6) is 1.53. The third-order valence-electron chi connectivity index (χ3n) is 5.21. The third kappa shape index (κ3) is 3.90. The lowest BCUT2D eigenvalue weighted by Crippen LogP contribution is -2.38. The normalized spacial score (nSPS) is 16.1. The van der Waals surface area contributed by atoms with Crippen LogP contribution >= 0.6 is 0 Å². The molecule has 152 valence electrons. The SMILES string of the molecule is COc1ccc(C)cc1S(=O)(=O)N1CCC(c2nc(-c3ccccc3)no2)CC1. The molecule has 0 amide bonds. The van der Waals surface area contributed by atoms with Crippen molar-refractivity contribution in [2.75, 3.05) is 20.2 Å². The van der Waals surface area contributed by atoms with E-state index in [1.807, 2.05) is 43.3 Å². The van der Waals surface area contributed by atoms with Gasteiger partial charge in [-0.05, 0) is 37.5 Å². The van der Waals surface area contributed by atoms with Gasteiger partial charge >= 0.3 is 0 Å². The summed E-state index contributed by atoms with van der Waals surface area (Å²) < 4.78 is 38.5. The fourth-order valence-electron chi connectivity index (χ4n) is 3.57. The summed E-state index contributed by atoms with van der Waals surface area (Å²) in [6.45, 7) is 2.66. The van der Waals surface area contributed by atoms with Gasteiger partial charge in [0, 0.05) is 24.6 Å². The molecule has 4 rings (SSSR count). The predicted octanol–water partition coefficient (Wildman–Crippen LogP) is 3.62. The lowest BCUT2D eigenvalue weighted by atomic mass is 9.98. The van der Waals surface area contributed by atoms with Crippen molar-refractivity contribution in [2.45, 2.75) is 30.6 Å². The summed E-state index contributed by atoms with van der Waals surface area (Å²) in [6, 6.07) is 14.8. The van der Waals surface area contributed by atoms with E-state index in [-0.39, 0.29) is 10.8 Å². The fraction of sp³-hybridized carbons (Fsp3) is 0.333. The molecule has 1 aliphatic heterocycles. The molecule has 2 aromatic carbocycles. The highest BCUT2D eigenvalue weighted by molar-refractivity contribution is 7.89. The maximum atomic E-state index is 13.1. The van der Waals surface area contributed by atoms with E-state index in [0.29, 0.717) is 43.4 Å². The van der Waals surface area contributed by atoms with Crippen LogP contribution in [0.3, 0.4) is 0 Å². The summed E-state index contributed by atoms with van der Waals surface area (Å²) in [4.78, 5) is 4.73. The zero-order chi connectivity index (χ0) is 20.4. The minimum absolute atomic E-state index is 0.0471. The van der Waals surface area contributed by atoms with Gasteiger partial charge < -0.3 is 9.26 Å². The number of sulfonamides is 1. The first-order valence-electron chi connectivity index (χ1n) is 9.53. The van der Waals surface area contributed by atoms with Crippen LogP contribution in [0.1, 0.15) is 30.2 Å². The molecule has 0 aliphatic carbocycles. The number of nitrogens with zero attached hydrogens (tertiary/aromatic N) is 3. The molecule has 0 saturated carbocycles. The van der Waals surface area contributed by atoms with Crippen molar-refractivity contribution in [3.63, 3.8) is 0 Å². The average molecular weight is 413 g/mol. The molecule has 1 aromatic heterocycles. The van der Waals surface area contributed by atoms with E-state index in [1.54, 1.807) is 12.1 Å². The first-order chi connectivity index (χ1) is 14.0. The Balaban J connectivity index is 1.49. The standard InChI is InChI=1S/C21H23N3O4S/c1-15-8-9-18(27-2)19(14-15)29(25,26)24-12-10-17(11-13-24)21-22-20(23-28-21)16-6-4-3-5-7-16/h3-9,14,17H,10-13H2,1-2H3. The van der Waals surface area contributed by atoms with Gasteiger partial charge in [-0.25, -0.2) is 8.42 Å². The second-order valence-electron chi connectivity index (χ2n) is 7.15. The van der Waals surface area contributed by atoms with Crippen LogP contribution in [-0.2, 0) is 10.0 Å². The molecule has 2 heterocycles. The molecule has 7 nitrogen and oxygen atoms in total. The Morgan fingerprint density at radius 3 is 2.52 bits per heavy atom. The van der Waals surface area contributed by atoms with Crippen molar-refractivity contribution in [3.8, 4) is 17.1 Å². The van der Waals surface area contributed by atoms with E-state index in [0.717, 1.165) is 11.1 Å². The van der Waals surface area contributed by atoms with Crippen molar-refractivity contribution < 1.29 is 17.7 Å². The number of benzene rings is 2. The Hall–Kier alpha value is -2.71. The highest BCUT2D eigenvalue weighted by atomic mass is 32.2. The van der Waals surface area contributed by atoms with Crippen molar-refractivity contribution in [2.24, 2.45) is 0 Å². The summed E-state index contributed by atoms with van der Waals surface area (Å²) in [7, 11) is -2.15. The summed E-state index contributed by atoms with van der Waals surface area (Å²) >= 11 is 0. The monoisotopic (exact) mass is 413 g/mol. The van der Waals surface area contributed by atoms with E-state index in [4.69, 9.17) is 9.26 Å². The topological polar surface area (TPSA) is 85.5 Å². The molecule has 0 bridgehead atoms. The van der Waals surface area contributed by atoms with E-state index in [2.05, 4.69) is 10.1 Å². The number of piperidine rings is 1. The van der Waals surface area contributed by atoms with Gasteiger partial charge in [0.1, 0.15) is 10.6 Å². The molecule has 3 aromatic rings. The third-order valence-corrected chi connectivity index (χ3v) is 7.13. The van der Waals surface area contributed by atoms with Gasteiger partial charge in [-0.15, -0.1) is 0 Å². The van der Waals surface area contributed by atoms with Gasteiger partial charge in [-0.3, -0.25) is 0 Å². The van der Waals surface area contributed by atoms with E-state index < -0.39 is 10.0 Å². The van der Waals surface area contributed by atoms with Crippen LogP contribution in [-0.4, -0.2) is 43.1 Å². The van der Waals surface area contributed by atoms with E-state index in [9.17, 15) is 8.42 Å². The first kappa shape index (κ1) is 19.6. The Bertz CT molecular complexity index is 1090. The van der Waals surface area contributed by atoms with Crippen LogP contribution in [0.2, 0.25) is 0 Å². The lowest BCUT2D eigenvalue weighted by Gasteiger charge is -2.30. The Morgan fingerprint density at radius 1 is 1.10 bits per heavy atom. The van der Waals surface area contributed by atoms with Crippen LogP contribution in [0.4, 0.5) is 0 Å². The van der Waals surface area contributed by atoms with Gasteiger partial charge in [0.25, 0.3) is 0 Å². The molecule has 29 heavy (non-hydrogen) atoms. The van der Waals surface area contributed by atoms with E-state index in [1.165, 1.54) is 11.4 Å². The zero-order valence-electron chi connectivity index (χ0n) is 16.4. The molecular formula is C21H23N3O4S. The molecule has 0 N–H and O–H groups in total. The van der Waals surface area contributed by atoms with Gasteiger partial charge in [-0.1, -0.05) is 41.6 Å². The fourth-order valence-corrected chi connectivity index (χ4v) is 5.28. The predicted molar refractivity (Wildman–Crippen MR) is 108 cm³/mol. The molecule has 0 spiro atoms. The summed E-state index contributed by atoms with van der Waals surface area (Å²) in [5.41, 5.74) is 1.77. The van der Waals surface area contributed by atoms with Crippen LogP contribution in [0.25, 0.3) is 11.4 Å². The average Bonchev–Trinajstić information content (AvgIpc) is 3.25. The first-order valence-corrected chi connectivity index (χ1v) is 11.0. The highest BCUT2D eigenvalue weighted by Gasteiger charge is 2.33. The van der Waals surface area contributed by atoms with Crippen molar-refractivity contribution in [3.05, 3.63) is 60.0 Å². The number of hydrogen-bond acceptors (Lipinski definition) is 6. The van der Waals surface area contributed by atoms with Crippen LogP contribution in [0.15, 0.2) is 57.9 Å². The number of ether oxygens (including phenoxy) is 1. The maximum absolute atomic E-state index is 13.1. The molecule has 1 aliphatic rings. The number of aromatic nitrogens is 2. The minimum Gasteiger partial charge on any atom is -0.495 e. The molecule has 1 fully saturated rings. The molecule has 1 saturated heterocycles. The lowest BCUT2D eigenvalue weighted by molar-refractivity contribution is 0.270. The second kappa shape index (κ2) is 7.96. The quantitative estimate of drug-likeness (QED) is 0.635. The highest BCUT2D eigenvalue weighted by Crippen LogP contribution is 2.33. The Labute approximate surface area is 170 Å². The molecule has 8 heteroatoms. The molecule has 0 atom stereocenters. The number of aryl methyl sites for hydroxylation is 1. The van der Waals surface area contributed by atoms with Crippen molar-refractivity contribution in [1.29, 1.82) is 0 Å². The largest absolute Gasteiger partial charge is 0.495 e. The van der Waals surface area contributed by atoms with Gasteiger partial charge in [0.05, 0.1) is 7.11 Å². The van der Waals surface area contributed by atoms with Crippen molar-refractivity contribution >= 4 is 10.0 Å². The Morgan fingerprint density at radius 2 is 1.83 bits per heavy atom. The molecule has 0 radical (unpaired) electrons. The molecular weight excluding hydrogens is 390 g/mol. The smallest absolute Gasteiger partial charge is 0.246 e. The van der Waals surface area contributed by atoms with Gasteiger partial charge in [-0.2, -0.15) is 9.29 Å². The van der Waals surface area contributed by atoms with Crippen LogP contribution < -0.4 is 4.74 Å².